The fourth-order valence-corrected chi connectivity index (χ4v) is 4.45. The highest BCUT2D eigenvalue weighted by Gasteiger charge is 2.24. The molecular formula is C24H18Cl2N2O3. The van der Waals surface area contributed by atoms with Crippen LogP contribution in [-0.4, -0.2) is 23.3 Å². The fourth-order valence-electron chi connectivity index (χ4n) is 3.89. The van der Waals surface area contributed by atoms with Crippen molar-refractivity contribution in [3.8, 4) is 5.75 Å². The van der Waals surface area contributed by atoms with Crippen LogP contribution in [0.1, 0.15) is 45.0 Å². The van der Waals surface area contributed by atoms with Crippen LogP contribution in [0, 0.1) is 0 Å². The number of nitrogens with one attached hydrogen (secondary N) is 1. The predicted molar refractivity (Wildman–Crippen MR) is 123 cm³/mol. The SMILES string of the molecule is NC(=O)c1cc2cc(Cl)cc(Cl)c2cc1OCC(=O)c1c[nH]c2cc(C3CC3)ccc12. The predicted octanol–water partition coefficient (Wildman–Crippen LogP) is 5.87. The zero-order valence-electron chi connectivity index (χ0n) is 16.4. The summed E-state index contributed by atoms with van der Waals surface area (Å²) in [5.41, 5.74) is 8.46. The Bertz CT molecular complexity index is 1370. The van der Waals surface area contributed by atoms with Gasteiger partial charge < -0.3 is 15.5 Å². The van der Waals surface area contributed by atoms with Gasteiger partial charge in [0, 0.05) is 33.1 Å². The van der Waals surface area contributed by atoms with Gasteiger partial charge in [-0.2, -0.15) is 0 Å². The number of rotatable bonds is 6. The molecule has 4 aromatic rings. The van der Waals surface area contributed by atoms with Crippen LogP contribution in [0.15, 0.2) is 48.7 Å². The number of Topliss-reactive ketones (excluding diaryl/α,β-unsaturated/α-hetero) is 1. The van der Waals surface area contributed by atoms with Crippen LogP contribution in [0.4, 0.5) is 0 Å². The third-order valence-corrected chi connectivity index (χ3v) is 6.18. The van der Waals surface area contributed by atoms with Crippen LogP contribution in [-0.2, 0) is 0 Å². The minimum Gasteiger partial charge on any atom is -0.485 e. The summed E-state index contributed by atoms with van der Waals surface area (Å²) in [6.45, 7) is -0.242. The van der Waals surface area contributed by atoms with Crippen molar-refractivity contribution >= 4 is 56.6 Å². The van der Waals surface area contributed by atoms with Gasteiger partial charge in [-0.15, -0.1) is 0 Å². The second kappa shape index (κ2) is 7.59. The number of benzene rings is 3. The number of hydrogen-bond donors (Lipinski definition) is 2. The van der Waals surface area contributed by atoms with Gasteiger partial charge >= 0.3 is 0 Å². The van der Waals surface area contributed by atoms with Crippen molar-refractivity contribution in [3.05, 3.63) is 75.4 Å². The number of ketones is 1. The van der Waals surface area contributed by atoms with E-state index in [1.54, 1.807) is 30.5 Å². The molecule has 0 saturated heterocycles. The van der Waals surface area contributed by atoms with Crippen molar-refractivity contribution in [2.75, 3.05) is 6.61 Å². The number of carbonyl (C=O) groups excluding carboxylic acids is 2. The molecule has 0 spiro atoms. The van der Waals surface area contributed by atoms with E-state index in [0.717, 1.165) is 10.9 Å². The molecule has 1 heterocycles. The molecule has 7 heteroatoms. The zero-order valence-corrected chi connectivity index (χ0v) is 17.9. The van der Waals surface area contributed by atoms with Gasteiger partial charge in [0.1, 0.15) is 5.75 Å². The third-order valence-electron chi connectivity index (χ3n) is 5.65. The molecule has 1 saturated carbocycles. The Hall–Kier alpha value is -3.02. The van der Waals surface area contributed by atoms with Crippen LogP contribution in [0.25, 0.3) is 21.7 Å². The molecule has 3 N–H and O–H groups in total. The summed E-state index contributed by atoms with van der Waals surface area (Å²) in [7, 11) is 0. The van der Waals surface area contributed by atoms with Crippen LogP contribution in [0.3, 0.4) is 0 Å². The van der Waals surface area contributed by atoms with E-state index in [2.05, 4.69) is 17.1 Å². The van der Waals surface area contributed by atoms with Gasteiger partial charge in [0.2, 0.25) is 5.78 Å². The number of aromatic nitrogens is 1. The molecular weight excluding hydrogens is 435 g/mol. The second-order valence-electron chi connectivity index (χ2n) is 7.81. The average molecular weight is 453 g/mol. The quantitative estimate of drug-likeness (QED) is 0.359. The summed E-state index contributed by atoms with van der Waals surface area (Å²) >= 11 is 12.3. The topological polar surface area (TPSA) is 85.2 Å². The summed E-state index contributed by atoms with van der Waals surface area (Å²) in [5.74, 6) is -0.0336. The molecule has 1 aromatic heterocycles. The van der Waals surface area contributed by atoms with E-state index in [1.807, 2.05) is 6.07 Å². The lowest BCUT2D eigenvalue weighted by Gasteiger charge is -2.12. The van der Waals surface area contributed by atoms with E-state index in [9.17, 15) is 9.59 Å². The number of halogens is 2. The molecule has 0 aliphatic heterocycles. The Labute approximate surface area is 188 Å². The lowest BCUT2D eigenvalue weighted by atomic mass is 10.0. The van der Waals surface area contributed by atoms with Gasteiger partial charge in [0.05, 0.1) is 10.6 Å². The van der Waals surface area contributed by atoms with E-state index in [0.29, 0.717) is 32.3 Å². The van der Waals surface area contributed by atoms with Crippen molar-refractivity contribution in [1.82, 2.24) is 4.98 Å². The molecule has 1 fully saturated rings. The third kappa shape index (κ3) is 3.75. The lowest BCUT2D eigenvalue weighted by Crippen LogP contribution is -2.16. The molecule has 31 heavy (non-hydrogen) atoms. The normalized spacial score (nSPS) is 13.6. The monoisotopic (exact) mass is 452 g/mol. The molecule has 0 atom stereocenters. The molecule has 5 nitrogen and oxygen atoms in total. The first-order valence-corrected chi connectivity index (χ1v) is 10.7. The number of nitrogens with two attached hydrogens (primary N) is 1. The maximum atomic E-state index is 12.9. The lowest BCUT2D eigenvalue weighted by molar-refractivity contribution is 0.0914. The second-order valence-corrected chi connectivity index (χ2v) is 8.66. The molecule has 0 unspecified atom stereocenters. The number of primary amides is 1. The Balaban J connectivity index is 1.43. The van der Waals surface area contributed by atoms with Crippen molar-refractivity contribution in [2.45, 2.75) is 18.8 Å². The number of H-pyrrole nitrogens is 1. The fraction of sp³-hybridized carbons (Fsp3) is 0.167. The van der Waals surface area contributed by atoms with Crippen molar-refractivity contribution in [1.29, 1.82) is 0 Å². The van der Waals surface area contributed by atoms with Gasteiger partial charge in [-0.25, -0.2) is 0 Å². The highest BCUT2D eigenvalue weighted by atomic mass is 35.5. The average Bonchev–Trinajstić information content (AvgIpc) is 3.50. The molecule has 156 valence electrons. The number of carbonyl (C=O) groups is 2. The maximum absolute atomic E-state index is 12.9. The molecule has 1 amide bonds. The van der Waals surface area contributed by atoms with E-state index >= 15 is 0 Å². The van der Waals surface area contributed by atoms with Gasteiger partial charge in [-0.05, 0) is 60.0 Å². The Kier molecular flexibility index (Phi) is 4.88. The standard InChI is InChI=1S/C24H18Cl2N2O3/c25-15-5-14-6-18(24(27)30)23(9-17(14)20(26)8-15)31-11-22(29)19-10-28-21-7-13(12-1-2-12)3-4-16(19)21/h3-10,12,28H,1-2,11H2,(H2,27,30). The number of ether oxygens (including phenoxy) is 1. The highest BCUT2D eigenvalue weighted by Crippen LogP contribution is 2.41. The summed E-state index contributed by atoms with van der Waals surface area (Å²) in [5, 5.41) is 3.02. The van der Waals surface area contributed by atoms with E-state index in [4.69, 9.17) is 33.7 Å². The summed E-state index contributed by atoms with van der Waals surface area (Å²) in [6, 6.07) is 12.6. The Morgan fingerprint density at radius 3 is 2.58 bits per heavy atom. The smallest absolute Gasteiger partial charge is 0.252 e. The minimum atomic E-state index is -0.667. The molecule has 1 aliphatic rings. The summed E-state index contributed by atoms with van der Waals surface area (Å²) < 4.78 is 5.74. The van der Waals surface area contributed by atoms with E-state index in [1.165, 1.54) is 18.4 Å². The molecule has 0 bridgehead atoms. The Morgan fingerprint density at radius 1 is 1.03 bits per heavy atom. The molecule has 5 rings (SSSR count). The first-order valence-electron chi connectivity index (χ1n) is 9.90. The number of amides is 1. The molecule has 1 aliphatic carbocycles. The number of fused-ring (bicyclic) bond motifs is 2. The molecule has 3 aromatic carbocycles. The van der Waals surface area contributed by atoms with Gasteiger partial charge in [0.25, 0.3) is 5.91 Å². The number of aromatic amines is 1. The first-order chi connectivity index (χ1) is 14.9. The van der Waals surface area contributed by atoms with Crippen LogP contribution < -0.4 is 10.5 Å². The summed E-state index contributed by atoms with van der Waals surface area (Å²) in [6.07, 6.45) is 4.13. The van der Waals surface area contributed by atoms with Crippen LogP contribution in [0.5, 0.6) is 5.75 Å². The highest BCUT2D eigenvalue weighted by molar-refractivity contribution is 6.38. The van der Waals surface area contributed by atoms with Crippen LogP contribution >= 0.6 is 23.2 Å². The van der Waals surface area contributed by atoms with Gasteiger partial charge in [-0.1, -0.05) is 35.3 Å². The zero-order chi connectivity index (χ0) is 21.7. The Morgan fingerprint density at radius 2 is 1.84 bits per heavy atom. The number of hydrogen-bond acceptors (Lipinski definition) is 3. The van der Waals surface area contributed by atoms with Gasteiger partial charge in [0.15, 0.2) is 6.61 Å². The first kappa shape index (κ1) is 19.9. The minimum absolute atomic E-state index is 0.159. The van der Waals surface area contributed by atoms with Crippen molar-refractivity contribution < 1.29 is 14.3 Å². The van der Waals surface area contributed by atoms with E-state index < -0.39 is 5.91 Å². The van der Waals surface area contributed by atoms with E-state index in [-0.39, 0.29) is 23.7 Å². The van der Waals surface area contributed by atoms with Crippen LogP contribution in [0.2, 0.25) is 10.0 Å². The van der Waals surface area contributed by atoms with Gasteiger partial charge in [-0.3, -0.25) is 9.59 Å². The maximum Gasteiger partial charge on any atom is 0.252 e. The van der Waals surface area contributed by atoms with Crippen molar-refractivity contribution in [2.24, 2.45) is 5.73 Å². The van der Waals surface area contributed by atoms with Crippen molar-refractivity contribution in [3.63, 3.8) is 0 Å². The largest absolute Gasteiger partial charge is 0.485 e. The molecule has 0 radical (unpaired) electrons. The summed E-state index contributed by atoms with van der Waals surface area (Å²) in [4.78, 5) is 28.0.